The van der Waals surface area contributed by atoms with E-state index in [2.05, 4.69) is 43.5 Å². The highest BCUT2D eigenvalue weighted by atomic mass is 16.4. The van der Waals surface area contributed by atoms with Gasteiger partial charge in [0.1, 0.15) is 17.9 Å². The number of aliphatic carboxylic acids is 1. The summed E-state index contributed by atoms with van der Waals surface area (Å²) in [5, 5.41) is 11.0. The highest BCUT2D eigenvalue weighted by Crippen LogP contribution is 2.21. The van der Waals surface area contributed by atoms with E-state index in [-0.39, 0.29) is 5.92 Å². The lowest BCUT2D eigenvalue weighted by Gasteiger charge is -2.29. The molecule has 2 aromatic rings. The zero-order valence-electron chi connectivity index (χ0n) is 14.1. The van der Waals surface area contributed by atoms with Crippen molar-refractivity contribution in [1.29, 1.82) is 0 Å². The molecule has 1 aliphatic heterocycles. The van der Waals surface area contributed by atoms with Crippen molar-refractivity contribution in [2.24, 2.45) is 5.92 Å². The lowest BCUT2D eigenvalue weighted by atomic mass is 9.97. The summed E-state index contributed by atoms with van der Waals surface area (Å²) in [5.41, 5.74) is 4.64. The molecule has 0 unspecified atom stereocenters. The Bertz CT molecular complexity index is 712. The lowest BCUT2D eigenvalue weighted by molar-refractivity contribution is -0.919. The van der Waals surface area contributed by atoms with E-state index in [4.69, 9.17) is 4.98 Å². The zero-order chi connectivity index (χ0) is 16.6. The molecule has 0 saturated carbocycles. The molecule has 0 bridgehead atoms. The first-order chi connectivity index (χ1) is 11.0. The molecule has 1 aliphatic rings. The smallest absolute Gasteiger partial charge is 0.137 e. The number of nitrogens with one attached hydrogen (secondary N) is 1. The van der Waals surface area contributed by atoms with Gasteiger partial charge in [-0.2, -0.15) is 0 Å². The number of fused-ring (bicyclic) bond motifs is 1. The van der Waals surface area contributed by atoms with Crippen LogP contribution in [0.5, 0.6) is 0 Å². The van der Waals surface area contributed by atoms with E-state index in [1.54, 1.807) is 0 Å². The number of quaternary nitrogens is 1. The van der Waals surface area contributed by atoms with Crippen LogP contribution in [0.1, 0.15) is 49.6 Å². The van der Waals surface area contributed by atoms with E-state index >= 15 is 0 Å². The molecule has 0 spiro atoms. The molecule has 0 aliphatic carbocycles. The van der Waals surface area contributed by atoms with Crippen LogP contribution in [0.15, 0.2) is 18.3 Å². The van der Waals surface area contributed by atoms with Crippen LogP contribution in [0.2, 0.25) is 0 Å². The Morgan fingerprint density at radius 1 is 1.39 bits per heavy atom. The van der Waals surface area contributed by atoms with E-state index in [0.29, 0.717) is 18.8 Å². The van der Waals surface area contributed by atoms with Gasteiger partial charge in [-0.3, -0.25) is 4.40 Å². The van der Waals surface area contributed by atoms with Gasteiger partial charge in [-0.1, -0.05) is 19.9 Å². The number of rotatable bonds is 4. The summed E-state index contributed by atoms with van der Waals surface area (Å²) in [6.07, 6.45) is 3.58. The van der Waals surface area contributed by atoms with Gasteiger partial charge in [0.05, 0.1) is 18.8 Å². The standard InChI is InChI=1S/C18H25N3O2/c1-12(2)17-15(21-10-13(3)4-5-16(21)19-17)11-20-8-6-14(7-9-20)18(22)23/h4-5,10,12,14H,6-9,11H2,1-3H3,(H,22,23). The highest BCUT2D eigenvalue weighted by Gasteiger charge is 2.26. The molecule has 124 valence electrons. The summed E-state index contributed by atoms with van der Waals surface area (Å²) in [4.78, 5) is 17.2. The number of imidazole rings is 1. The molecule has 23 heavy (non-hydrogen) atoms. The Labute approximate surface area is 136 Å². The minimum Gasteiger partial charge on any atom is -0.550 e. The van der Waals surface area contributed by atoms with Gasteiger partial charge in [0.2, 0.25) is 0 Å². The van der Waals surface area contributed by atoms with Crippen LogP contribution >= 0.6 is 0 Å². The maximum atomic E-state index is 11.0. The second-order valence-electron chi connectivity index (χ2n) is 7.05. The molecule has 3 rings (SSSR count). The SMILES string of the molecule is Cc1ccc2nc(C(C)C)c(C[NH+]3CCC(C(=O)[O-])CC3)n2c1. The number of aryl methyl sites for hydroxylation is 1. The van der Waals surface area contributed by atoms with Crippen molar-refractivity contribution in [3.05, 3.63) is 35.3 Å². The van der Waals surface area contributed by atoms with Gasteiger partial charge in [-0.25, -0.2) is 4.98 Å². The van der Waals surface area contributed by atoms with E-state index in [1.807, 2.05) is 0 Å². The number of aromatic nitrogens is 2. The monoisotopic (exact) mass is 315 g/mol. The number of nitrogens with zero attached hydrogens (tertiary/aromatic N) is 2. The van der Waals surface area contributed by atoms with E-state index in [9.17, 15) is 9.90 Å². The van der Waals surface area contributed by atoms with Crippen molar-refractivity contribution in [1.82, 2.24) is 9.38 Å². The van der Waals surface area contributed by atoms with E-state index in [0.717, 1.165) is 31.0 Å². The average Bonchev–Trinajstić information content (AvgIpc) is 2.86. The summed E-state index contributed by atoms with van der Waals surface area (Å²) in [6, 6.07) is 4.16. The largest absolute Gasteiger partial charge is 0.550 e. The van der Waals surface area contributed by atoms with Crippen molar-refractivity contribution in [2.75, 3.05) is 13.1 Å². The normalized spacial score (nSPS) is 21.9. The first-order valence-electron chi connectivity index (χ1n) is 8.47. The quantitative estimate of drug-likeness (QED) is 0.883. The third-order valence-electron chi connectivity index (χ3n) is 4.89. The molecule has 5 nitrogen and oxygen atoms in total. The first-order valence-corrected chi connectivity index (χ1v) is 8.47. The van der Waals surface area contributed by atoms with E-state index < -0.39 is 5.97 Å². The molecule has 0 atom stereocenters. The van der Waals surface area contributed by atoms with Gasteiger partial charge in [-0.15, -0.1) is 0 Å². The topological polar surface area (TPSA) is 61.9 Å². The molecule has 1 N–H and O–H groups in total. The number of carbonyl (C=O) groups excluding carboxylic acids is 1. The predicted octanol–water partition coefficient (Wildman–Crippen LogP) is 0.311. The number of piperidine rings is 1. The Balaban J connectivity index is 1.86. The van der Waals surface area contributed by atoms with Crippen molar-refractivity contribution < 1.29 is 14.8 Å². The third kappa shape index (κ3) is 3.24. The summed E-state index contributed by atoms with van der Waals surface area (Å²) < 4.78 is 2.21. The fraction of sp³-hybridized carbons (Fsp3) is 0.556. The second-order valence-corrected chi connectivity index (χ2v) is 7.05. The number of carboxylic acids is 1. The Morgan fingerprint density at radius 2 is 2.09 bits per heavy atom. The van der Waals surface area contributed by atoms with E-state index in [1.165, 1.54) is 16.2 Å². The molecule has 5 heteroatoms. The molecule has 0 radical (unpaired) electrons. The number of pyridine rings is 1. The van der Waals surface area contributed by atoms with Crippen molar-refractivity contribution in [2.45, 2.75) is 46.1 Å². The highest BCUT2D eigenvalue weighted by molar-refractivity contribution is 5.67. The van der Waals surface area contributed by atoms with Gasteiger partial charge >= 0.3 is 0 Å². The van der Waals surface area contributed by atoms with Crippen LogP contribution in [0.4, 0.5) is 0 Å². The fourth-order valence-corrected chi connectivity index (χ4v) is 3.53. The van der Waals surface area contributed by atoms with Crippen LogP contribution in [0.3, 0.4) is 0 Å². The van der Waals surface area contributed by atoms with Crippen LogP contribution in [-0.4, -0.2) is 28.4 Å². The summed E-state index contributed by atoms with van der Waals surface area (Å²) in [5.74, 6) is -0.782. The second kappa shape index (κ2) is 6.32. The van der Waals surface area contributed by atoms with Gasteiger partial charge in [-0.05, 0) is 24.5 Å². The number of hydrogen-bond acceptors (Lipinski definition) is 3. The molecule has 3 heterocycles. The number of likely N-dealkylation sites (tertiary alicyclic amines) is 1. The Hall–Kier alpha value is -1.88. The lowest BCUT2D eigenvalue weighted by Crippen LogP contribution is -3.12. The molecule has 1 saturated heterocycles. The van der Waals surface area contributed by atoms with Crippen LogP contribution in [0, 0.1) is 12.8 Å². The fourth-order valence-electron chi connectivity index (χ4n) is 3.53. The summed E-state index contributed by atoms with van der Waals surface area (Å²) >= 11 is 0. The Morgan fingerprint density at radius 3 is 2.70 bits per heavy atom. The van der Waals surface area contributed by atoms with Gasteiger partial charge in [0.25, 0.3) is 0 Å². The van der Waals surface area contributed by atoms with Crippen molar-refractivity contribution in [3.63, 3.8) is 0 Å². The zero-order valence-corrected chi connectivity index (χ0v) is 14.1. The maximum Gasteiger partial charge on any atom is 0.137 e. The molecule has 1 fully saturated rings. The number of carbonyl (C=O) groups is 1. The number of hydrogen-bond donors (Lipinski definition) is 1. The predicted molar refractivity (Wildman–Crippen MR) is 86.1 cm³/mol. The molecular weight excluding hydrogens is 290 g/mol. The number of carboxylic acid groups (broad SMARTS) is 1. The molecule has 2 aromatic heterocycles. The van der Waals surface area contributed by atoms with Crippen LogP contribution < -0.4 is 10.0 Å². The average molecular weight is 315 g/mol. The first kappa shape index (κ1) is 16.0. The van der Waals surface area contributed by atoms with Gasteiger partial charge in [0.15, 0.2) is 0 Å². The minimum atomic E-state index is -0.891. The van der Waals surface area contributed by atoms with Crippen molar-refractivity contribution in [3.8, 4) is 0 Å². The van der Waals surface area contributed by atoms with Gasteiger partial charge in [0, 0.05) is 30.9 Å². The summed E-state index contributed by atoms with van der Waals surface area (Å²) in [7, 11) is 0. The minimum absolute atomic E-state index is 0.271. The van der Waals surface area contributed by atoms with Crippen LogP contribution in [-0.2, 0) is 11.3 Å². The molecular formula is C18H25N3O2. The summed E-state index contributed by atoms with van der Waals surface area (Å²) in [6.45, 7) is 9.12. The van der Waals surface area contributed by atoms with Crippen LogP contribution in [0.25, 0.3) is 5.65 Å². The Kier molecular flexibility index (Phi) is 4.39. The maximum absolute atomic E-state index is 11.0. The van der Waals surface area contributed by atoms with Crippen molar-refractivity contribution >= 4 is 11.6 Å². The molecule has 0 aromatic carbocycles. The third-order valence-corrected chi connectivity index (χ3v) is 4.89. The molecule has 0 amide bonds. The van der Waals surface area contributed by atoms with Gasteiger partial charge < -0.3 is 14.8 Å².